The SMILES string of the molecule is Cc1nc(C)c(F)c(Oc2ccc(-n3cccn3)cc2)n1. The lowest BCUT2D eigenvalue weighted by molar-refractivity contribution is 0.414. The Morgan fingerprint density at radius 1 is 1.10 bits per heavy atom. The van der Waals surface area contributed by atoms with Crippen molar-refractivity contribution in [3.8, 4) is 17.3 Å². The van der Waals surface area contributed by atoms with Gasteiger partial charge >= 0.3 is 0 Å². The van der Waals surface area contributed by atoms with Crippen LogP contribution in [-0.4, -0.2) is 19.7 Å². The Balaban J connectivity index is 1.86. The molecule has 2 aromatic heterocycles. The molecule has 0 unspecified atom stereocenters. The molecule has 5 nitrogen and oxygen atoms in total. The van der Waals surface area contributed by atoms with Gasteiger partial charge in [0.1, 0.15) is 11.6 Å². The minimum atomic E-state index is -0.545. The minimum absolute atomic E-state index is 0.0631. The van der Waals surface area contributed by atoms with E-state index < -0.39 is 5.82 Å². The Hall–Kier alpha value is -2.76. The van der Waals surface area contributed by atoms with E-state index in [0.717, 1.165) is 5.69 Å². The number of rotatable bonds is 3. The highest BCUT2D eigenvalue weighted by molar-refractivity contribution is 5.38. The van der Waals surface area contributed by atoms with Crippen LogP contribution in [0.1, 0.15) is 11.5 Å². The summed E-state index contributed by atoms with van der Waals surface area (Å²) in [4.78, 5) is 7.92. The Labute approximate surface area is 121 Å². The first kappa shape index (κ1) is 13.2. The van der Waals surface area contributed by atoms with Crippen LogP contribution in [0.25, 0.3) is 5.69 Å². The average Bonchev–Trinajstić information content (AvgIpc) is 2.99. The van der Waals surface area contributed by atoms with Crippen LogP contribution in [0.2, 0.25) is 0 Å². The second-order valence-electron chi connectivity index (χ2n) is 4.52. The molecule has 0 saturated carbocycles. The molecule has 3 rings (SSSR count). The second kappa shape index (κ2) is 5.32. The number of ether oxygens (including phenoxy) is 1. The molecule has 2 heterocycles. The van der Waals surface area contributed by atoms with Gasteiger partial charge in [0.05, 0.1) is 11.4 Å². The zero-order chi connectivity index (χ0) is 14.8. The van der Waals surface area contributed by atoms with Crippen molar-refractivity contribution < 1.29 is 9.13 Å². The standard InChI is InChI=1S/C15H13FN4O/c1-10-14(16)15(19-11(2)18-10)21-13-6-4-12(5-7-13)20-9-3-8-17-20/h3-9H,1-2H3. The van der Waals surface area contributed by atoms with E-state index in [9.17, 15) is 4.39 Å². The Kier molecular flexibility index (Phi) is 3.35. The largest absolute Gasteiger partial charge is 0.436 e. The fourth-order valence-corrected chi connectivity index (χ4v) is 1.94. The van der Waals surface area contributed by atoms with Crippen molar-refractivity contribution in [1.29, 1.82) is 0 Å². The molecule has 0 aliphatic carbocycles. The number of benzene rings is 1. The van der Waals surface area contributed by atoms with Gasteiger partial charge in [-0.1, -0.05) is 0 Å². The highest BCUT2D eigenvalue weighted by Crippen LogP contribution is 2.24. The van der Waals surface area contributed by atoms with Gasteiger partial charge in [0.15, 0.2) is 0 Å². The molecule has 0 aliphatic heterocycles. The van der Waals surface area contributed by atoms with Crippen molar-refractivity contribution in [3.63, 3.8) is 0 Å². The summed E-state index contributed by atoms with van der Waals surface area (Å²) in [6, 6.07) is 8.99. The van der Waals surface area contributed by atoms with Crippen LogP contribution in [0.15, 0.2) is 42.7 Å². The summed E-state index contributed by atoms with van der Waals surface area (Å²) < 4.78 is 21.1. The summed E-state index contributed by atoms with van der Waals surface area (Å²) in [7, 11) is 0. The highest BCUT2D eigenvalue weighted by atomic mass is 19.1. The van der Waals surface area contributed by atoms with Crippen LogP contribution in [0, 0.1) is 19.7 Å². The Morgan fingerprint density at radius 3 is 2.52 bits per heavy atom. The van der Waals surface area contributed by atoms with Crippen LogP contribution >= 0.6 is 0 Å². The van der Waals surface area contributed by atoms with Crippen LogP contribution < -0.4 is 4.74 Å². The predicted molar refractivity (Wildman–Crippen MR) is 75.1 cm³/mol. The zero-order valence-electron chi connectivity index (χ0n) is 11.6. The molecule has 0 N–H and O–H groups in total. The lowest BCUT2D eigenvalue weighted by Crippen LogP contribution is -2.00. The highest BCUT2D eigenvalue weighted by Gasteiger charge is 2.12. The molecule has 6 heteroatoms. The predicted octanol–water partition coefficient (Wildman–Crippen LogP) is 3.21. The van der Waals surface area contributed by atoms with Crippen molar-refractivity contribution in [2.75, 3.05) is 0 Å². The summed E-state index contributed by atoms with van der Waals surface area (Å²) >= 11 is 0. The van der Waals surface area contributed by atoms with E-state index in [1.165, 1.54) is 0 Å². The topological polar surface area (TPSA) is 52.8 Å². The first-order valence-electron chi connectivity index (χ1n) is 6.42. The van der Waals surface area contributed by atoms with Gasteiger partial charge in [-0.2, -0.15) is 14.5 Å². The third-order valence-corrected chi connectivity index (χ3v) is 2.92. The molecule has 0 atom stereocenters. The van der Waals surface area contributed by atoms with Crippen molar-refractivity contribution in [1.82, 2.24) is 19.7 Å². The normalized spacial score (nSPS) is 10.6. The third kappa shape index (κ3) is 2.74. The van der Waals surface area contributed by atoms with Crippen molar-refractivity contribution in [2.24, 2.45) is 0 Å². The molecule has 21 heavy (non-hydrogen) atoms. The number of halogens is 1. The molecule has 0 radical (unpaired) electrons. The quantitative estimate of drug-likeness (QED) is 0.741. The molecule has 3 aromatic rings. The van der Waals surface area contributed by atoms with Crippen LogP contribution in [0.4, 0.5) is 4.39 Å². The lowest BCUT2D eigenvalue weighted by atomic mass is 10.3. The first-order chi connectivity index (χ1) is 10.1. The van der Waals surface area contributed by atoms with Crippen LogP contribution in [0.3, 0.4) is 0 Å². The van der Waals surface area contributed by atoms with E-state index in [4.69, 9.17) is 4.74 Å². The molecule has 1 aromatic carbocycles. The van der Waals surface area contributed by atoms with Gasteiger partial charge in [-0.25, -0.2) is 9.67 Å². The van der Waals surface area contributed by atoms with Crippen molar-refractivity contribution in [3.05, 3.63) is 60.1 Å². The van der Waals surface area contributed by atoms with Gasteiger partial charge in [-0.15, -0.1) is 0 Å². The van der Waals surface area contributed by atoms with E-state index in [2.05, 4.69) is 15.1 Å². The monoisotopic (exact) mass is 284 g/mol. The Bertz CT molecular complexity index is 754. The fraction of sp³-hybridized carbons (Fsp3) is 0.133. The molecular formula is C15H13FN4O. The van der Waals surface area contributed by atoms with E-state index in [-0.39, 0.29) is 11.6 Å². The molecule has 0 bridgehead atoms. The summed E-state index contributed by atoms with van der Waals surface area (Å²) in [6.45, 7) is 3.28. The molecule has 0 saturated heterocycles. The maximum atomic E-state index is 13.9. The minimum Gasteiger partial charge on any atom is -0.436 e. The molecular weight excluding hydrogens is 271 g/mol. The fourth-order valence-electron chi connectivity index (χ4n) is 1.94. The maximum absolute atomic E-state index is 13.9. The number of aryl methyl sites for hydroxylation is 2. The first-order valence-corrected chi connectivity index (χ1v) is 6.42. The molecule has 0 aliphatic rings. The van der Waals surface area contributed by atoms with E-state index in [1.807, 2.05) is 24.4 Å². The summed E-state index contributed by atoms with van der Waals surface area (Å²) in [6.07, 6.45) is 3.54. The van der Waals surface area contributed by atoms with E-state index in [0.29, 0.717) is 11.6 Å². The van der Waals surface area contributed by atoms with Crippen molar-refractivity contribution >= 4 is 0 Å². The smallest absolute Gasteiger partial charge is 0.259 e. The Morgan fingerprint density at radius 2 is 1.86 bits per heavy atom. The van der Waals surface area contributed by atoms with Gasteiger partial charge in [0.25, 0.3) is 5.88 Å². The van der Waals surface area contributed by atoms with Gasteiger partial charge in [0.2, 0.25) is 5.82 Å². The van der Waals surface area contributed by atoms with Gasteiger partial charge < -0.3 is 4.74 Å². The summed E-state index contributed by atoms with van der Waals surface area (Å²) in [5.41, 5.74) is 1.16. The van der Waals surface area contributed by atoms with Crippen LogP contribution in [-0.2, 0) is 0 Å². The third-order valence-electron chi connectivity index (χ3n) is 2.92. The van der Waals surface area contributed by atoms with Gasteiger partial charge in [-0.3, -0.25) is 0 Å². The van der Waals surface area contributed by atoms with E-state index >= 15 is 0 Å². The van der Waals surface area contributed by atoms with Crippen LogP contribution in [0.5, 0.6) is 11.6 Å². The number of hydrogen-bond donors (Lipinski definition) is 0. The summed E-state index contributed by atoms with van der Waals surface area (Å²) in [5.74, 6) is 0.364. The number of hydrogen-bond acceptors (Lipinski definition) is 4. The number of aromatic nitrogens is 4. The van der Waals surface area contributed by atoms with E-state index in [1.54, 1.807) is 36.9 Å². The second-order valence-corrected chi connectivity index (χ2v) is 4.52. The number of nitrogens with zero attached hydrogens (tertiary/aromatic N) is 4. The lowest BCUT2D eigenvalue weighted by Gasteiger charge is -2.08. The average molecular weight is 284 g/mol. The molecule has 0 spiro atoms. The summed E-state index contributed by atoms with van der Waals surface area (Å²) in [5, 5.41) is 4.13. The molecule has 106 valence electrons. The van der Waals surface area contributed by atoms with Crippen molar-refractivity contribution in [2.45, 2.75) is 13.8 Å². The van der Waals surface area contributed by atoms with Gasteiger partial charge in [-0.05, 0) is 44.2 Å². The maximum Gasteiger partial charge on any atom is 0.259 e. The molecule has 0 fully saturated rings. The molecule has 0 amide bonds. The zero-order valence-corrected chi connectivity index (χ0v) is 11.6. The van der Waals surface area contributed by atoms with Gasteiger partial charge in [0, 0.05) is 12.4 Å².